The van der Waals surface area contributed by atoms with Crippen LogP contribution in [0.25, 0.3) is 0 Å². The fourth-order valence-electron chi connectivity index (χ4n) is 2.24. The van der Waals surface area contributed by atoms with Crippen molar-refractivity contribution in [1.82, 2.24) is 10.2 Å². The van der Waals surface area contributed by atoms with Crippen LogP contribution in [-0.4, -0.2) is 47.9 Å². The first kappa shape index (κ1) is 14.8. The van der Waals surface area contributed by atoms with Crippen LogP contribution >= 0.6 is 45.2 Å². The molecule has 0 saturated carbocycles. The minimum absolute atomic E-state index is 0.0315. The van der Waals surface area contributed by atoms with Crippen LogP contribution in [0.2, 0.25) is 0 Å². The number of hydrogen-bond donors (Lipinski definition) is 3. The molecular formula is C12H16I2N2O2. The molecule has 100 valence electrons. The molecule has 18 heavy (non-hydrogen) atoms. The molecule has 0 amide bonds. The average molecular weight is 474 g/mol. The van der Waals surface area contributed by atoms with E-state index in [2.05, 4.69) is 55.4 Å². The molecule has 1 fully saturated rings. The van der Waals surface area contributed by atoms with E-state index in [0.29, 0.717) is 5.75 Å². The maximum absolute atomic E-state index is 10.2. The van der Waals surface area contributed by atoms with Gasteiger partial charge in [-0.2, -0.15) is 0 Å². The Bertz CT molecular complexity index is 423. The van der Waals surface area contributed by atoms with E-state index < -0.39 is 0 Å². The summed E-state index contributed by atoms with van der Waals surface area (Å²) >= 11 is 4.37. The summed E-state index contributed by atoms with van der Waals surface area (Å²) in [6.07, 6.45) is 0. The first-order valence-corrected chi connectivity index (χ1v) is 8.02. The van der Waals surface area contributed by atoms with E-state index in [0.717, 1.165) is 38.9 Å². The van der Waals surface area contributed by atoms with Crippen LogP contribution in [-0.2, 0) is 0 Å². The third kappa shape index (κ3) is 3.27. The molecule has 0 unspecified atom stereocenters. The number of rotatable bonds is 3. The molecule has 0 aromatic heterocycles. The molecule has 0 radical (unpaired) electrons. The molecule has 3 N–H and O–H groups in total. The third-order valence-corrected chi connectivity index (χ3v) is 4.63. The van der Waals surface area contributed by atoms with Crippen LogP contribution in [0.1, 0.15) is 11.6 Å². The van der Waals surface area contributed by atoms with Gasteiger partial charge in [-0.25, -0.2) is 0 Å². The standard InChI is InChI=1S/C12H16I2N2O2/c13-8-5-9(12(18)10(14)6-8)11(7-17)16-3-1-15-2-4-16/h5-6,11,15,17-18H,1-4,7H2/t11-/m0/s1. The lowest BCUT2D eigenvalue weighted by Crippen LogP contribution is -2.46. The van der Waals surface area contributed by atoms with Crippen LogP contribution in [0.15, 0.2) is 12.1 Å². The number of halogens is 2. The van der Waals surface area contributed by atoms with Gasteiger partial charge in [-0.1, -0.05) is 0 Å². The number of piperazine rings is 1. The molecule has 0 spiro atoms. The number of nitrogens with one attached hydrogen (secondary N) is 1. The smallest absolute Gasteiger partial charge is 0.133 e. The number of phenolic OH excluding ortho intramolecular Hbond substituents is 1. The molecule has 1 aromatic carbocycles. The Morgan fingerprint density at radius 2 is 1.94 bits per heavy atom. The van der Waals surface area contributed by atoms with Gasteiger partial charge in [0.25, 0.3) is 0 Å². The van der Waals surface area contributed by atoms with Gasteiger partial charge in [0.2, 0.25) is 0 Å². The fraction of sp³-hybridized carbons (Fsp3) is 0.500. The number of nitrogens with zero attached hydrogens (tertiary/aromatic N) is 1. The molecular weight excluding hydrogens is 458 g/mol. The maximum Gasteiger partial charge on any atom is 0.133 e. The number of aromatic hydroxyl groups is 1. The summed E-state index contributed by atoms with van der Waals surface area (Å²) in [6, 6.07) is 3.78. The largest absolute Gasteiger partial charge is 0.506 e. The lowest BCUT2D eigenvalue weighted by molar-refractivity contribution is 0.109. The summed E-state index contributed by atoms with van der Waals surface area (Å²) in [5.74, 6) is 0.300. The van der Waals surface area contributed by atoms with Gasteiger partial charge < -0.3 is 15.5 Å². The Hall–Kier alpha value is 0.360. The van der Waals surface area contributed by atoms with E-state index in [9.17, 15) is 10.2 Å². The zero-order valence-corrected chi connectivity index (χ0v) is 14.2. The van der Waals surface area contributed by atoms with Gasteiger partial charge in [0.15, 0.2) is 0 Å². The second kappa shape index (κ2) is 6.69. The lowest BCUT2D eigenvalue weighted by Gasteiger charge is -2.34. The number of hydrogen-bond acceptors (Lipinski definition) is 4. The van der Waals surface area contributed by atoms with Gasteiger partial charge in [0, 0.05) is 35.3 Å². The number of phenols is 1. The summed E-state index contributed by atoms with van der Waals surface area (Å²) in [6.45, 7) is 3.68. The van der Waals surface area contributed by atoms with Crippen molar-refractivity contribution < 1.29 is 10.2 Å². The number of aliphatic hydroxyl groups excluding tert-OH is 1. The highest BCUT2D eigenvalue weighted by molar-refractivity contribution is 14.1. The third-order valence-electron chi connectivity index (χ3n) is 3.18. The van der Waals surface area contributed by atoms with Gasteiger partial charge in [-0.05, 0) is 57.3 Å². The molecule has 0 bridgehead atoms. The van der Waals surface area contributed by atoms with Crippen LogP contribution in [0, 0.1) is 7.14 Å². The minimum atomic E-state index is -0.115. The second-order valence-corrected chi connectivity index (χ2v) is 6.72. The topological polar surface area (TPSA) is 55.7 Å². The predicted molar refractivity (Wildman–Crippen MR) is 87.8 cm³/mol. The number of aliphatic hydroxyl groups is 1. The van der Waals surface area contributed by atoms with E-state index in [1.807, 2.05) is 12.1 Å². The van der Waals surface area contributed by atoms with Gasteiger partial charge in [0.1, 0.15) is 5.75 Å². The van der Waals surface area contributed by atoms with E-state index in [4.69, 9.17) is 0 Å². The van der Waals surface area contributed by atoms with Crippen molar-refractivity contribution in [3.63, 3.8) is 0 Å². The van der Waals surface area contributed by atoms with Crippen LogP contribution in [0.3, 0.4) is 0 Å². The van der Waals surface area contributed by atoms with Crippen molar-refractivity contribution in [2.75, 3.05) is 32.8 Å². The van der Waals surface area contributed by atoms with Crippen molar-refractivity contribution in [2.24, 2.45) is 0 Å². The summed E-state index contributed by atoms with van der Waals surface area (Å²) in [5.41, 5.74) is 0.829. The Labute approximate surface area is 134 Å². The molecule has 6 heteroatoms. The molecule has 1 atom stereocenters. The van der Waals surface area contributed by atoms with Gasteiger partial charge in [-0.15, -0.1) is 0 Å². The second-order valence-electron chi connectivity index (χ2n) is 4.31. The van der Waals surface area contributed by atoms with Crippen molar-refractivity contribution in [2.45, 2.75) is 6.04 Å². The molecule has 1 aliphatic heterocycles. The van der Waals surface area contributed by atoms with Gasteiger partial charge >= 0.3 is 0 Å². The van der Waals surface area contributed by atoms with Crippen molar-refractivity contribution in [3.05, 3.63) is 24.8 Å². The molecule has 2 rings (SSSR count). The molecule has 0 aliphatic carbocycles. The highest BCUT2D eigenvalue weighted by atomic mass is 127. The highest BCUT2D eigenvalue weighted by Crippen LogP contribution is 2.34. The molecule has 1 aromatic rings. The van der Waals surface area contributed by atoms with Crippen molar-refractivity contribution in [1.29, 1.82) is 0 Å². The van der Waals surface area contributed by atoms with Gasteiger partial charge in [0.05, 0.1) is 16.2 Å². The van der Waals surface area contributed by atoms with E-state index in [1.54, 1.807) is 0 Å². The predicted octanol–water partition coefficient (Wildman–Crippen LogP) is 1.54. The Balaban J connectivity index is 2.31. The van der Waals surface area contributed by atoms with Gasteiger partial charge in [-0.3, -0.25) is 4.90 Å². The van der Waals surface area contributed by atoms with Crippen LogP contribution in [0.5, 0.6) is 5.75 Å². The molecule has 4 nitrogen and oxygen atoms in total. The van der Waals surface area contributed by atoms with E-state index in [-0.39, 0.29) is 12.6 Å². The molecule has 1 heterocycles. The van der Waals surface area contributed by atoms with Crippen LogP contribution < -0.4 is 5.32 Å². The average Bonchev–Trinajstić information content (AvgIpc) is 2.37. The van der Waals surface area contributed by atoms with Crippen molar-refractivity contribution in [3.8, 4) is 5.75 Å². The summed E-state index contributed by atoms with van der Waals surface area (Å²) in [4.78, 5) is 2.22. The molecule has 1 aliphatic rings. The van der Waals surface area contributed by atoms with E-state index in [1.165, 1.54) is 0 Å². The zero-order chi connectivity index (χ0) is 13.1. The monoisotopic (exact) mass is 474 g/mol. The highest BCUT2D eigenvalue weighted by Gasteiger charge is 2.25. The number of benzene rings is 1. The van der Waals surface area contributed by atoms with Crippen molar-refractivity contribution >= 4 is 45.2 Å². The molecule has 1 saturated heterocycles. The minimum Gasteiger partial charge on any atom is -0.506 e. The normalized spacial score (nSPS) is 18.8. The zero-order valence-electron chi connectivity index (χ0n) is 9.87. The summed E-state index contributed by atoms with van der Waals surface area (Å²) in [7, 11) is 0. The summed E-state index contributed by atoms with van der Waals surface area (Å²) in [5, 5.41) is 23.1. The first-order valence-electron chi connectivity index (χ1n) is 5.87. The Morgan fingerprint density at radius 3 is 2.56 bits per heavy atom. The Kier molecular flexibility index (Phi) is 5.48. The quantitative estimate of drug-likeness (QED) is 0.583. The lowest BCUT2D eigenvalue weighted by atomic mass is 10.0. The maximum atomic E-state index is 10.2. The summed E-state index contributed by atoms with van der Waals surface area (Å²) < 4.78 is 1.92. The first-order chi connectivity index (χ1) is 8.63. The SMILES string of the molecule is OC[C@@H](c1cc(I)cc(I)c1O)N1CCNCC1. The van der Waals surface area contributed by atoms with Crippen LogP contribution in [0.4, 0.5) is 0 Å². The fourth-order valence-corrected chi connectivity index (χ4v) is 4.13. The Morgan fingerprint density at radius 1 is 1.28 bits per heavy atom. The van der Waals surface area contributed by atoms with E-state index >= 15 is 0 Å².